The Hall–Kier alpha value is -0.290. The van der Waals surface area contributed by atoms with Crippen LogP contribution in [0.2, 0.25) is 0 Å². The van der Waals surface area contributed by atoms with Crippen LogP contribution in [0.25, 0.3) is 0 Å². The van der Waals surface area contributed by atoms with E-state index in [2.05, 4.69) is 55.8 Å². The van der Waals surface area contributed by atoms with Crippen LogP contribution in [0.5, 0.6) is 0 Å². The van der Waals surface area contributed by atoms with E-state index in [-0.39, 0.29) is 30.8 Å². The summed E-state index contributed by atoms with van der Waals surface area (Å²) < 4.78 is 6.79. The molecular formula is C14H32Cl2N2O2. The van der Waals surface area contributed by atoms with Crippen LogP contribution in [0.4, 0.5) is 0 Å². The number of hydrogen-bond donors (Lipinski definition) is 0. The molecule has 0 aliphatic heterocycles. The molecule has 0 spiro atoms. The Morgan fingerprint density at radius 2 is 1.35 bits per heavy atom. The molecule has 0 saturated carbocycles. The van der Waals surface area contributed by atoms with Gasteiger partial charge in [0, 0.05) is 5.57 Å². The number of nitrogens with zero attached hydrogens (tertiary/aromatic N) is 2. The third-order valence-corrected chi connectivity index (χ3v) is 2.29. The molecule has 0 radical (unpaired) electrons. The maximum absolute atomic E-state index is 10.9. The summed E-state index contributed by atoms with van der Waals surface area (Å²) >= 11 is 0. The Labute approximate surface area is 137 Å². The predicted octanol–water partition coefficient (Wildman–Crippen LogP) is -4.47. The molecule has 20 heavy (non-hydrogen) atoms. The molecule has 0 rings (SSSR count). The van der Waals surface area contributed by atoms with Gasteiger partial charge < -0.3 is 38.5 Å². The number of ether oxygens (including phenoxy) is 1. The standard InChI is InChI=1S/C9H18NO2.C5H14N.2ClH/c1-8(2)9(11)12-7-6-10(3,4)5;1-5-6(2,3)4;;/h1,6-7H2,2-5H3;5H2,1-4H3;2*1H/q2*+1;;/p-2. The van der Waals surface area contributed by atoms with Crippen molar-refractivity contribution in [2.45, 2.75) is 13.8 Å². The Morgan fingerprint density at radius 1 is 1.00 bits per heavy atom. The minimum absolute atomic E-state index is 0. The van der Waals surface area contributed by atoms with Crippen molar-refractivity contribution in [1.82, 2.24) is 0 Å². The van der Waals surface area contributed by atoms with Gasteiger partial charge in [0.2, 0.25) is 0 Å². The number of esters is 1. The zero-order valence-corrected chi connectivity index (χ0v) is 15.8. The van der Waals surface area contributed by atoms with Gasteiger partial charge in [0.25, 0.3) is 0 Å². The van der Waals surface area contributed by atoms with Gasteiger partial charge in [0.05, 0.1) is 48.8 Å². The van der Waals surface area contributed by atoms with E-state index in [9.17, 15) is 4.79 Å². The average molecular weight is 331 g/mol. The molecule has 0 bridgehead atoms. The molecule has 0 amide bonds. The quantitative estimate of drug-likeness (QED) is 0.289. The molecule has 124 valence electrons. The third-order valence-electron chi connectivity index (χ3n) is 2.29. The number of carbonyl (C=O) groups is 1. The second kappa shape index (κ2) is 12.5. The third kappa shape index (κ3) is 26.3. The van der Waals surface area contributed by atoms with Gasteiger partial charge in [0.1, 0.15) is 13.2 Å². The van der Waals surface area contributed by atoms with Gasteiger partial charge in [-0.2, -0.15) is 0 Å². The smallest absolute Gasteiger partial charge is 0.333 e. The molecule has 0 heterocycles. The van der Waals surface area contributed by atoms with Crippen LogP contribution in [-0.4, -0.2) is 76.9 Å². The van der Waals surface area contributed by atoms with Crippen molar-refractivity contribution in [1.29, 1.82) is 0 Å². The summed E-state index contributed by atoms with van der Waals surface area (Å²) in [5, 5.41) is 0. The summed E-state index contributed by atoms with van der Waals surface area (Å²) in [7, 11) is 12.7. The van der Waals surface area contributed by atoms with Crippen molar-refractivity contribution in [3.8, 4) is 0 Å². The zero-order chi connectivity index (χ0) is 15.0. The minimum atomic E-state index is -0.302. The molecule has 0 aromatic heterocycles. The molecule has 4 nitrogen and oxygen atoms in total. The maximum atomic E-state index is 10.9. The summed E-state index contributed by atoms with van der Waals surface area (Å²) in [6, 6.07) is 0. The highest BCUT2D eigenvalue weighted by molar-refractivity contribution is 5.86. The SMILES string of the molecule is C=C(C)C(=O)OCC[N+](C)(C)C.CC[N+](C)(C)C.[Cl-].[Cl-]. The van der Waals surface area contributed by atoms with Crippen LogP contribution < -0.4 is 24.8 Å². The summed E-state index contributed by atoms with van der Waals surface area (Å²) in [5.74, 6) is -0.302. The highest BCUT2D eigenvalue weighted by Crippen LogP contribution is 1.94. The average Bonchev–Trinajstić information content (AvgIpc) is 2.15. The van der Waals surface area contributed by atoms with E-state index >= 15 is 0 Å². The number of hydrogen-bond acceptors (Lipinski definition) is 2. The van der Waals surface area contributed by atoms with Crippen LogP contribution in [0, 0.1) is 0 Å². The van der Waals surface area contributed by atoms with Gasteiger partial charge in [-0.3, -0.25) is 0 Å². The maximum Gasteiger partial charge on any atom is 0.333 e. The summed E-state index contributed by atoms with van der Waals surface area (Å²) in [6.45, 7) is 9.80. The van der Waals surface area contributed by atoms with Crippen LogP contribution in [0.1, 0.15) is 13.8 Å². The summed E-state index contributed by atoms with van der Waals surface area (Å²) in [6.07, 6.45) is 0. The fourth-order valence-corrected chi connectivity index (χ4v) is 0.535. The van der Waals surface area contributed by atoms with E-state index in [1.165, 1.54) is 6.54 Å². The predicted molar refractivity (Wildman–Crippen MR) is 77.2 cm³/mol. The lowest BCUT2D eigenvalue weighted by Crippen LogP contribution is -3.00. The van der Waals surface area contributed by atoms with Gasteiger partial charge in [-0.15, -0.1) is 0 Å². The van der Waals surface area contributed by atoms with E-state index in [4.69, 9.17) is 4.74 Å². The van der Waals surface area contributed by atoms with Crippen LogP contribution in [0.15, 0.2) is 12.2 Å². The van der Waals surface area contributed by atoms with Crippen molar-refractivity contribution >= 4 is 5.97 Å². The van der Waals surface area contributed by atoms with Crippen molar-refractivity contribution in [3.05, 3.63) is 12.2 Å². The van der Waals surface area contributed by atoms with Gasteiger partial charge in [-0.25, -0.2) is 4.79 Å². The Morgan fingerprint density at radius 3 is 1.55 bits per heavy atom. The molecule has 0 aromatic carbocycles. The first kappa shape index (κ1) is 28.0. The minimum Gasteiger partial charge on any atom is -1.00 e. The molecule has 0 saturated heterocycles. The largest absolute Gasteiger partial charge is 1.00 e. The lowest BCUT2D eigenvalue weighted by atomic mass is 10.4. The molecule has 0 aromatic rings. The van der Waals surface area contributed by atoms with Crippen LogP contribution >= 0.6 is 0 Å². The van der Waals surface area contributed by atoms with Gasteiger partial charge in [0.15, 0.2) is 0 Å². The van der Waals surface area contributed by atoms with E-state index in [0.717, 1.165) is 15.5 Å². The molecular weight excluding hydrogens is 299 g/mol. The Bertz CT molecular complexity index is 269. The van der Waals surface area contributed by atoms with E-state index in [1.807, 2.05) is 0 Å². The van der Waals surface area contributed by atoms with Crippen LogP contribution in [-0.2, 0) is 9.53 Å². The van der Waals surface area contributed by atoms with Crippen molar-refractivity contribution in [2.75, 3.05) is 62.0 Å². The molecule has 0 atom stereocenters. The molecule has 0 fully saturated rings. The second-order valence-electron chi connectivity index (χ2n) is 6.54. The number of carbonyl (C=O) groups excluding carboxylic acids is 1. The topological polar surface area (TPSA) is 26.3 Å². The highest BCUT2D eigenvalue weighted by atomic mass is 35.5. The van der Waals surface area contributed by atoms with E-state index < -0.39 is 0 Å². The first-order valence-electron chi connectivity index (χ1n) is 6.32. The lowest BCUT2D eigenvalue weighted by Gasteiger charge is -2.23. The first-order chi connectivity index (χ1) is 7.89. The van der Waals surface area contributed by atoms with E-state index in [1.54, 1.807) is 6.92 Å². The molecule has 6 heteroatoms. The second-order valence-corrected chi connectivity index (χ2v) is 6.54. The fraction of sp³-hybridized carbons (Fsp3) is 0.786. The Kier molecular flexibility index (Phi) is 17.4. The van der Waals surface area contributed by atoms with Crippen LogP contribution in [0.3, 0.4) is 0 Å². The fourth-order valence-electron chi connectivity index (χ4n) is 0.535. The lowest BCUT2D eigenvalue weighted by molar-refractivity contribution is -0.870. The van der Waals surface area contributed by atoms with Crippen molar-refractivity contribution in [3.63, 3.8) is 0 Å². The Balaban J connectivity index is -0.000000139. The zero-order valence-electron chi connectivity index (χ0n) is 14.3. The van der Waals surface area contributed by atoms with Crippen molar-refractivity contribution in [2.24, 2.45) is 0 Å². The van der Waals surface area contributed by atoms with Gasteiger partial charge in [-0.1, -0.05) is 6.58 Å². The monoisotopic (exact) mass is 330 g/mol. The summed E-state index contributed by atoms with van der Waals surface area (Å²) in [5.41, 5.74) is 0.455. The highest BCUT2D eigenvalue weighted by Gasteiger charge is 2.09. The molecule has 0 unspecified atom stereocenters. The molecule has 0 N–H and O–H groups in total. The van der Waals surface area contributed by atoms with Crippen molar-refractivity contribution < 1.29 is 43.3 Å². The van der Waals surface area contributed by atoms with Gasteiger partial charge in [-0.05, 0) is 13.8 Å². The number of likely N-dealkylation sites (N-methyl/N-ethyl adjacent to an activating group) is 1. The molecule has 0 aliphatic rings. The number of halogens is 2. The summed E-state index contributed by atoms with van der Waals surface area (Å²) in [4.78, 5) is 10.9. The molecule has 0 aliphatic carbocycles. The normalized spacial score (nSPS) is 10.2. The van der Waals surface area contributed by atoms with E-state index in [0.29, 0.717) is 12.2 Å². The number of quaternary nitrogens is 2. The first-order valence-corrected chi connectivity index (χ1v) is 6.32. The van der Waals surface area contributed by atoms with Gasteiger partial charge >= 0.3 is 5.97 Å². The number of rotatable bonds is 5.